The largest absolute Gasteiger partial charge is 0.303 e. The van der Waals surface area contributed by atoms with Gasteiger partial charge in [0.05, 0.1) is 11.4 Å². The van der Waals surface area contributed by atoms with Crippen LogP contribution in [0.4, 0.5) is 17.1 Å². The highest BCUT2D eigenvalue weighted by Gasteiger charge is 2.44. The molecule has 0 saturated carbocycles. The van der Waals surface area contributed by atoms with Crippen molar-refractivity contribution < 1.29 is 0 Å². The molecular weight excluding hydrogens is 627 g/mol. The molecule has 0 spiro atoms. The van der Waals surface area contributed by atoms with Gasteiger partial charge in [-0.25, -0.2) is 0 Å². The van der Waals surface area contributed by atoms with Crippen molar-refractivity contribution in [2.45, 2.75) is 84.5 Å². The number of anilines is 3. The fourth-order valence-electron chi connectivity index (χ4n) is 8.52. The highest BCUT2D eigenvalue weighted by atomic mass is 15.1. The predicted molar refractivity (Wildman–Crippen MR) is 223 cm³/mol. The fourth-order valence-corrected chi connectivity index (χ4v) is 8.52. The van der Waals surface area contributed by atoms with Crippen molar-refractivity contribution in [3.63, 3.8) is 0 Å². The van der Waals surface area contributed by atoms with Crippen molar-refractivity contribution in [3.8, 4) is 11.1 Å². The lowest BCUT2D eigenvalue weighted by Crippen LogP contribution is -2.21. The van der Waals surface area contributed by atoms with Crippen LogP contribution < -0.4 is 4.90 Å². The van der Waals surface area contributed by atoms with E-state index in [1.807, 2.05) is 6.07 Å². The van der Waals surface area contributed by atoms with Crippen molar-refractivity contribution in [1.29, 1.82) is 0 Å². The van der Waals surface area contributed by atoms with Gasteiger partial charge in [0, 0.05) is 16.7 Å². The van der Waals surface area contributed by atoms with Gasteiger partial charge in [-0.05, 0) is 121 Å². The van der Waals surface area contributed by atoms with E-state index in [9.17, 15) is 0 Å². The lowest BCUT2D eigenvalue weighted by Gasteiger charge is -2.31. The minimum absolute atomic E-state index is 0.0152. The molecular formula is C51H49N. The molecule has 2 aliphatic rings. The van der Waals surface area contributed by atoms with Crippen LogP contribution in [0, 0.1) is 12.1 Å². The molecule has 0 fully saturated rings. The molecule has 0 aromatic heterocycles. The molecule has 0 N–H and O–H groups in total. The smallest absolute Gasteiger partial charge is 0.0973 e. The summed E-state index contributed by atoms with van der Waals surface area (Å²) >= 11 is 0. The van der Waals surface area contributed by atoms with Gasteiger partial charge in [-0.1, -0.05) is 159 Å². The van der Waals surface area contributed by atoms with E-state index in [-0.39, 0.29) is 16.2 Å². The van der Waals surface area contributed by atoms with E-state index in [4.69, 9.17) is 0 Å². The van der Waals surface area contributed by atoms with Crippen molar-refractivity contribution in [3.05, 3.63) is 173 Å². The summed E-state index contributed by atoms with van der Waals surface area (Å²) in [5.74, 6) is 0. The first-order chi connectivity index (χ1) is 24.8. The first-order valence-corrected chi connectivity index (χ1v) is 18.8. The second-order valence-electron chi connectivity index (χ2n) is 17.2. The monoisotopic (exact) mass is 675 g/mol. The zero-order valence-electron chi connectivity index (χ0n) is 32.0. The zero-order valence-corrected chi connectivity index (χ0v) is 32.0. The van der Waals surface area contributed by atoms with Gasteiger partial charge in [-0.2, -0.15) is 0 Å². The van der Waals surface area contributed by atoms with Crippen LogP contribution in [0.2, 0.25) is 0 Å². The molecule has 52 heavy (non-hydrogen) atoms. The second kappa shape index (κ2) is 12.4. The SMILES string of the molecule is CC(C)(C)c1cc(C(C)(C)C)c2c(c1)C(C)(C)C1=CCCC(c3ccccc3N(c3c#cccc3)c3ccc(-c4cccc5ccccc45)cc3)=C12. The van der Waals surface area contributed by atoms with Crippen molar-refractivity contribution in [2.24, 2.45) is 0 Å². The van der Waals surface area contributed by atoms with Crippen LogP contribution >= 0.6 is 0 Å². The highest BCUT2D eigenvalue weighted by Crippen LogP contribution is 2.58. The summed E-state index contributed by atoms with van der Waals surface area (Å²) in [6.45, 7) is 19.1. The van der Waals surface area contributed by atoms with E-state index < -0.39 is 0 Å². The Bertz CT molecular complexity index is 2360. The molecule has 1 heteroatoms. The quantitative estimate of drug-likeness (QED) is 0.176. The Morgan fingerprint density at radius 2 is 1.40 bits per heavy atom. The number of para-hydroxylation sites is 1. The molecule has 6 aromatic carbocycles. The third-order valence-electron chi connectivity index (χ3n) is 11.3. The minimum atomic E-state index is -0.0914. The number of hydrogen-bond donors (Lipinski definition) is 0. The summed E-state index contributed by atoms with van der Waals surface area (Å²) < 4.78 is 0. The predicted octanol–water partition coefficient (Wildman–Crippen LogP) is 14.1. The van der Waals surface area contributed by atoms with Crippen LogP contribution in [0.5, 0.6) is 0 Å². The van der Waals surface area contributed by atoms with E-state index in [0.717, 1.165) is 29.9 Å². The Kier molecular flexibility index (Phi) is 8.08. The third kappa shape index (κ3) is 5.66. The maximum Gasteiger partial charge on any atom is 0.0973 e. The van der Waals surface area contributed by atoms with Crippen molar-refractivity contribution in [2.75, 3.05) is 4.90 Å². The normalized spacial score (nSPS) is 15.2. The molecule has 8 rings (SSSR count). The second-order valence-corrected chi connectivity index (χ2v) is 17.2. The fraction of sp³-hybridized carbons (Fsp3) is 0.255. The Morgan fingerprint density at radius 1 is 0.692 bits per heavy atom. The van der Waals surface area contributed by atoms with Crippen molar-refractivity contribution >= 4 is 39.0 Å². The third-order valence-corrected chi connectivity index (χ3v) is 11.3. The molecule has 0 saturated heterocycles. The van der Waals surface area contributed by atoms with Crippen LogP contribution in [0.25, 0.3) is 33.0 Å². The summed E-state index contributed by atoms with van der Waals surface area (Å²) in [7, 11) is 0. The Hall–Kier alpha value is -5.32. The molecule has 6 aromatic rings. The van der Waals surface area contributed by atoms with Gasteiger partial charge in [-0.15, -0.1) is 0 Å². The Morgan fingerprint density at radius 3 is 2.13 bits per heavy atom. The van der Waals surface area contributed by atoms with Crippen LogP contribution in [0.15, 0.2) is 133 Å². The van der Waals surface area contributed by atoms with Crippen LogP contribution in [0.3, 0.4) is 0 Å². The summed E-state index contributed by atoms with van der Waals surface area (Å²) in [6, 6.07) is 51.2. The molecule has 0 amide bonds. The van der Waals surface area contributed by atoms with Gasteiger partial charge in [0.2, 0.25) is 0 Å². The lowest BCUT2D eigenvalue weighted by molar-refractivity contribution is 0.561. The van der Waals surface area contributed by atoms with Crippen LogP contribution in [-0.2, 0) is 16.2 Å². The maximum atomic E-state index is 3.46. The molecule has 0 radical (unpaired) electrons. The zero-order chi connectivity index (χ0) is 36.4. The van der Waals surface area contributed by atoms with Crippen LogP contribution in [0.1, 0.15) is 96.0 Å². The van der Waals surface area contributed by atoms with E-state index >= 15 is 0 Å². The van der Waals surface area contributed by atoms with E-state index in [1.54, 1.807) is 0 Å². The molecule has 0 bridgehead atoms. The number of fused-ring (bicyclic) bond motifs is 4. The summed E-state index contributed by atoms with van der Waals surface area (Å²) in [6.07, 6.45) is 4.56. The minimum Gasteiger partial charge on any atom is -0.303 e. The topological polar surface area (TPSA) is 3.24 Å². The maximum absolute atomic E-state index is 3.46. The number of hydrogen-bond acceptors (Lipinski definition) is 1. The summed E-state index contributed by atoms with van der Waals surface area (Å²) in [4.78, 5) is 2.37. The average Bonchev–Trinajstić information content (AvgIpc) is 3.37. The highest BCUT2D eigenvalue weighted by molar-refractivity contribution is 6.08. The molecule has 258 valence electrons. The molecule has 2 aliphatic carbocycles. The van der Waals surface area contributed by atoms with Gasteiger partial charge in [0.15, 0.2) is 0 Å². The van der Waals surface area contributed by atoms with E-state index in [1.165, 1.54) is 66.4 Å². The van der Waals surface area contributed by atoms with Gasteiger partial charge >= 0.3 is 0 Å². The van der Waals surface area contributed by atoms with Gasteiger partial charge < -0.3 is 4.90 Å². The standard InChI is InChI=1S/C51H49N/c1-49(2,3)36-32-44(50(4,5)6)48-45(33-36)51(7,8)43-26-17-25-42(47(43)48)41-23-14-15-27-46(41)52(37-20-10-9-11-21-37)38-30-28-35(29-31-38)40-24-16-19-34-18-12-13-22-39(34)40/h9-10,12-16,18-20,22-24,26-33H,17,25H2,1-8H3. The molecule has 0 atom stereocenters. The average molecular weight is 676 g/mol. The van der Waals surface area contributed by atoms with Crippen LogP contribution in [-0.4, -0.2) is 0 Å². The number of benzene rings is 5. The summed E-state index contributed by atoms with van der Waals surface area (Å²) in [5.41, 5.74) is 17.1. The van der Waals surface area contributed by atoms with Gasteiger partial charge in [0.25, 0.3) is 0 Å². The van der Waals surface area contributed by atoms with Crippen molar-refractivity contribution in [1.82, 2.24) is 0 Å². The molecule has 1 nitrogen and oxygen atoms in total. The Balaban J connectivity index is 1.34. The van der Waals surface area contributed by atoms with Gasteiger partial charge in [-0.3, -0.25) is 0 Å². The number of allylic oxidation sites excluding steroid dienone is 4. The molecule has 0 aliphatic heterocycles. The first kappa shape index (κ1) is 33.8. The van der Waals surface area contributed by atoms with E-state index in [0.29, 0.717) is 0 Å². The molecule has 0 unspecified atom stereocenters. The van der Waals surface area contributed by atoms with Gasteiger partial charge in [0.1, 0.15) is 0 Å². The van der Waals surface area contributed by atoms with E-state index in [2.05, 4.69) is 194 Å². The molecule has 0 heterocycles. The first-order valence-electron chi connectivity index (χ1n) is 18.8. The summed E-state index contributed by atoms with van der Waals surface area (Å²) in [5, 5.41) is 2.52. The lowest BCUT2D eigenvalue weighted by atomic mass is 9.74. The number of rotatable bonds is 5. The Labute approximate surface area is 311 Å². The number of nitrogens with zero attached hydrogens (tertiary/aromatic N) is 1.